The molecule has 0 unspecified atom stereocenters. The van der Waals surface area contributed by atoms with Crippen LogP contribution in [-0.2, 0) is 4.74 Å². The van der Waals surface area contributed by atoms with Crippen LogP contribution < -0.4 is 5.32 Å². The second kappa shape index (κ2) is 3.49. The predicted molar refractivity (Wildman–Crippen MR) is 48.2 cm³/mol. The van der Waals surface area contributed by atoms with Gasteiger partial charge < -0.3 is 10.1 Å². The lowest BCUT2D eigenvalue weighted by molar-refractivity contribution is 0.131. The lowest BCUT2D eigenvalue weighted by atomic mass is 10.0. The van der Waals surface area contributed by atoms with Gasteiger partial charge in [-0.3, -0.25) is 0 Å². The molecule has 1 amide bonds. The monoisotopic (exact) mass is 213 g/mol. The Balaban J connectivity index is 2.33. The maximum absolute atomic E-state index is 13.3. The summed E-state index contributed by atoms with van der Waals surface area (Å²) < 4.78 is 30.9. The number of nitrogens with one attached hydrogen (secondary N) is 1. The summed E-state index contributed by atoms with van der Waals surface area (Å²) in [5.74, 6) is -1.36. The summed E-state index contributed by atoms with van der Waals surface area (Å²) in [5.41, 5.74) is 0.183. The van der Waals surface area contributed by atoms with E-state index in [1.165, 1.54) is 6.07 Å². The summed E-state index contributed by atoms with van der Waals surface area (Å²) >= 11 is 0. The molecule has 1 aromatic carbocycles. The van der Waals surface area contributed by atoms with E-state index in [-0.39, 0.29) is 11.6 Å². The minimum Gasteiger partial charge on any atom is -0.439 e. The third-order valence-electron chi connectivity index (χ3n) is 2.30. The molecule has 1 aliphatic heterocycles. The van der Waals surface area contributed by atoms with E-state index in [9.17, 15) is 13.6 Å². The van der Waals surface area contributed by atoms with Gasteiger partial charge >= 0.3 is 6.09 Å². The second-order valence-corrected chi connectivity index (χ2v) is 3.42. The lowest BCUT2D eigenvalue weighted by Crippen LogP contribution is -2.24. The number of halogens is 2. The van der Waals surface area contributed by atoms with E-state index in [1.807, 2.05) is 0 Å². The van der Waals surface area contributed by atoms with Crippen LogP contribution in [0.4, 0.5) is 13.6 Å². The van der Waals surface area contributed by atoms with Crippen molar-refractivity contribution < 1.29 is 18.3 Å². The number of cyclic esters (lactones) is 1. The minimum absolute atomic E-state index is 0.183. The zero-order chi connectivity index (χ0) is 11.0. The number of benzene rings is 1. The van der Waals surface area contributed by atoms with Crippen molar-refractivity contribution >= 4 is 6.09 Å². The highest BCUT2D eigenvalue weighted by molar-refractivity contribution is 5.70. The Kier molecular flexibility index (Phi) is 2.30. The van der Waals surface area contributed by atoms with Gasteiger partial charge in [0.1, 0.15) is 11.6 Å². The fourth-order valence-corrected chi connectivity index (χ4v) is 1.58. The Morgan fingerprint density at radius 2 is 2.13 bits per heavy atom. The summed E-state index contributed by atoms with van der Waals surface area (Å²) in [6, 6.07) is 2.87. The van der Waals surface area contributed by atoms with Gasteiger partial charge in [0, 0.05) is 11.6 Å². The molecule has 1 aliphatic rings. The molecular formula is C10H9F2NO2. The fraction of sp³-hybridized carbons (Fsp3) is 0.300. The van der Waals surface area contributed by atoms with Crippen LogP contribution in [0.5, 0.6) is 0 Å². The zero-order valence-electron chi connectivity index (χ0n) is 7.96. The molecule has 1 heterocycles. The molecule has 3 nitrogen and oxygen atoms in total. The first kappa shape index (κ1) is 9.89. The van der Waals surface area contributed by atoms with Crippen molar-refractivity contribution in [3.63, 3.8) is 0 Å². The second-order valence-electron chi connectivity index (χ2n) is 3.42. The van der Waals surface area contributed by atoms with Crippen LogP contribution in [0.25, 0.3) is 0 Å². The van der Waals surface area contributed by atoms with Gasteiger partial charge in [0.15, 0.2) is 6.10 Å². The molecule has 0 aliphatic carbocycles. The maximum Gasteiger partial charge on any atom is 0.408 e. The van der Waals surface area contributed by atoms with Crippen LogP contribution in [0.3, 0.4) is 0 Å². The highest BCUT2D eigenvalue weighted by Gasteiger charge is 2.33. The minimum atomic E-state index is -0.705. The molecule has 2 atom stereocenters. The van der Waals surface area contributed by atoms with Gasteiger partial charge in [-0.1, -0.05) is 0 Å². The van der Waals surface area contributed by atoms with Crippen molar-refractivity contribution in [3.05, 3.63) is 35.4 Å². The number of carbonyl (C=O) groups is 1. The van der Waals surface area contributed by atoms with Crippen molar-refractivity contribution in [2.75, 3.05) is 0 Å². The molecule has 0 spiro atoms. The molecule has 0 bridgehead atoms. The lowest BCUT2D eigenvalue weighted by Gasteiger charge is -2.13. The number of ether oxygens (including phenoxy) is 1. The van der Waals surface area contributed by atoms with Gasteiger partial charge in [0.25, 0.3) is 0 Å². The SMILES string of the molecule is C[C@@H]1NC(=O)O[C@@H]1c1ccc(F)cc1F. The largest absolute Gasteiger partial charge is 0.439 e. The van der Waals surface area contributed by atoms with Crippen molar-refractivity contribution in [1.82, 2.24) is 5.32 Å². The van der Waals surface area contributed by atoms with Crippen LogP contribution >= 0.6 is 0 Å². The Labute approximate surface area is 85.0 Å². The van der Waals surface area contributed by atoms with E-state index in [0.717, 1.165) is 12.1 Å². The molecule has 0 aromatic heterocycles. The number of hydrogen-bond acceptors (Lipinski definition) is 2. The zero-order valence-corrected chi connectivity index (χ0v) is 7.96. The molecule has 80 valence electrons. The summed E-state index contributed by atoms with van der Waals surface area (Å²) in [5, 5.41) is 2.49. The third kappa shape index (κ3) is 1.77. The van der Waals surface area contributed by atoms with E-state index < -0.39 is 23.8 Å². The van der Waals surface area contributed by atoms with Crippen molar-refractivity contribution in [3.8, 4) is 0 Å². The Hall–Kier alpha value is -1.65. The molecule has 1 fully saturated rings. The predicted octanol–water partition coefficient (Wildman–Crippen LogP) is 2.13. The van der Waals surface area contributed by atoms with Crippen molar-refractivity contribution in [2.24, 2.45) is 0 Å². The molecule has 0 saturated carbocycles. The molecule has 15 heavy (non-hydrogen) atoms. The normalized spacial score (nSPS) is 24.9. The Bertz CT molecular complexity index is 408. The topological polar surface area (TPSA) is 38.3 Å². The Morgan fingerprint density at radius 3 is 2.67 bits per heavy atom. The smallest absolute Gasteiger partial charge is 0.408 e. The highest BCUT2D eigenvalue weighted by atomic mass is 19.1. The molecule has 1 saturated heterocycles. The van der Waals surface area contributed by atoms with Crippen LogP contribution in [0.2, 0.25) is 0 Å². The van der Waals surface area contributed by atoms with E-state index in [2.05, 4.69) is 5.32 Å². The summed E-state index contributed by atoms with van der Waals surface area (Å²) in [7, 11) is 0. The van der Waals surface area contributed by atoms with Gasteiger partial charge in [-0.05, 0) is 19.1 Å². The fourth-order valence-electron chi connectivity index (χ4n) is 1.58. The van der Waals surface area contributed by atoms with Gasteiger partial charge in [0.2, 0.25) is 0 Å². The highest BCUT2D eigenvalue weighted by Crippen LogP contribution is 2.28. The number of alkyl carbamates (subject to hydrolysis) is 1. The van der Waals surface area contributed by atoms with E-state index in [1.54, 1.807) is 6.92 Å². The van der Waals surface area contributed by atoms with Gasteiger partial charge in [0.05, 0.1) is 6.04 Å². The van der Waals surface area contributed by atoms with E-state index >= 15 is 0 Å². The van der Waals surface area contributed by atoms with Gasteiger partial charge in [-0.2, -0.15) is 0 Å². The average molecular weight is 213 g/mol. The quantitative estimate of drug-likeness (QED) is 0.776. The average Bonchev–Trinajstić information content (AvgIpc) is 2.45. The first-order valence-electron chi connectivity index (χ1n) is 4.50. The van der Waals surface area contributed by atoms with E-state index in [0.29, 0.717) is 0 Å². The van der Waals surface area contributed by atoms with Gasteiger partial charge in [-0.25, -0.2) is 13.6 Å². The Morgan fingerprint density at radius 1 is 1.40 bits per heavy atom. The molecule has 0 radical (unpaired) electrons. The molecular weight excluding hydrogens is 204 g/mol. The first-order valence-corrected chi connectivity index (χ1v) is 4.50. The van der Waals surface area contributed by atoms with Crippen molar-refractivity contribution in [1.29, 1.82) is 0 Å². The van der Waals surface area contributed by atoms with Crippen LogP contribution in [-0.4, -0.2) is 12.1 Å². The van der Waals surface area contributed by atoms with Crippen LogP contribution in [0.15, 0.2) is 18.2 Å². The first-order chi connectivity index (χ1) is 7.08. The number of carbonyl (C=O) groups excluding carboxylic acids is 1. The third-order valence-corrected chi connectivity index (χ3v) is 2.30. The standard InChI is InChI=1S/C10H9F2NO2/c1-5-9(15-10(14)13-5)7-3-2-6(11)4-8(7)12/h2-5,9H,1H3,(H,13,14)/t5-,9-/m0/s1. The van der Waals surface area contributed by atoms with E-state index in [4.69, 9.17) is 4.74 Å². The van der Waals surface area contributed by atoms with Crippen molar-refractivity contribution in [2.45, 2.75) is 19.1 Å². The van der Waals surface area contributed by atoms with Crippen LogP contribution in [0, 0.1) is 11.6 Å². The van der Waals surface area contributed by atoms with Gasteiger partial charge in [-0.15, -0.1) is 0 Å². The molecule has 1 aromatic rings. The maximum atomic E-state index is 13.3. The summed E-state index contributed by atoms with van der Waals surface area (Å²) in [4.78, 5) is 10.9. The molecule has 5 heteroatoms. The number of hydrogen-bond donors (Lipinski definition) is 1. The molecule has 1 N–H and O–H groups in total. The summed E-state index contributed by atoms with van der Waals surface area (Å²) in [6.07, 6.45) is -1.28. The number of rotatable bonds is 1. The number of amides is 1. The summed E-state index contributed by atoms with van der Waals surface area (Å²) in [6.45, 7) is 1.69. The van der Waals surface area contributed by atoms with Crippen LogP contribution in [0.1, 0.15) is 18.6 Å². The molecule has 2 rings (SSSR count).